The van der Waals surface area contributed by atoms with Crippen LogP contribution in [-0.4, -0.2) is 65.3 Å². The van der Waals surface area contributed by atoms with Crippen LogP contribution in [0.2, 0.25) is 0 Å². The van der Waals surface area contributed by atoms with Gasteiger partial charge in [0.1, 0.15) is 6.04 Å². The Morgan fingerprint density at radius 1 is 1.30 bits per heavy atom. The lowest BCUT2D eigenvalue weighted by molar-refractivity contribution is -0.141. The highest BCUT2D eigenvalue weighted by Crippen LogP contribution is 2.28. The standard InChI is InChI=1S/C14H24N2O4/c1-9(2)11-5-4-6-15(11)14(19)16-8-10(20-3)7-12(16)13(17)18/h9-12H,4-8H2,1-3H3,(H,17,18). The summed E-state index contributed by atoms with van der Waals surface area (Å²) >= 11 is 0. The summed E-state index contributed by atoms with van der Waals surface area (Å²) in [7, 11) is 1.56. The van der Waals surface area contributed by atoms with Gasteiger partial charge in [0.25, 0.3) is 0 Å². The van der Waals surface area contributed by atoms with Gasteiger partial charge < -0.3 is 19.6 Å². The number of aliphatic carboxylic acids is 1. The lowest BCUT2D eigenvalue weighted by Crippen LogP contribution is -2.50. The molecule has 0 aromatic carbocycles. The average molecular weight is 284 g/mol. The fraction of sp³-hybridized carbons (Fsp3) is 0.857. The van der Waals surface area contributed by atoms with Crippen molar-refractivity contribution >= 4 is 12.0 Å². The van der Waals surface area contributed by atoms with Crippen molar-refractivity contribution in [2.24, 2.45) is 5.92 Å². The molecular weight excluding hydrogens is 260 g/mol. The van der Waals surface area contributed by atoms with Crippen LogP contribution in [0, 0.1) is 5.92 Å². The molecule has 20 heavy (non-hydrogen) atoms. The summed E-state index contributed by atoms with van der Waals surface area (Å²) in [5.41, 5.74) is 0. The minimum Gasteiger partial charge on any atom is -0.480 e. The first-order valence-corrected chi connectivity index (χ1v) is 7.28. The monoisotopic (exact) mass is 284 g/mol. The summed E-state index contributed by atoms with van der Waals surface area (Å²) in [4.78, 5) is 27.3. The molecule has 3 atom stereocenters. The number of rotatable bonds is 3. The maximum absolute atomic E-state index is 12.7. The molecule has 0 aliphatic carbocycles. The number of amides is 2. The SMILES string of the molecule is COC1CC(C(=O)O)N(C(=O)N2CCCC2C(C)C)C1. The van der Waals surface area contributed by atoms with Gasteiger partial charge in [-0.15, -0.1) is 0 Å². The Balaban J connectivity index is 2.12. The van der Waals surface area contributed by atoms with Crippen LogP contribution in [0.15, 0.2) is 0 Å². The predicted octanol–water partition coefficient (Wildman–Crippen LogP) is 1.40. The summed E-state index contributed by atoms with van der Waals surface area (Å²) in [5, 5.41) is 9.30. The molecule has 6 heteroatoms. The van der Waals surface area contributed by atoms with Gasteiger partial charge in [0.05, 0.1) is 6.10 Å². The maximum Gasteiger partial charge on any atom is 0.326 e. The lowest BCUT2D eigenvalue weighted by Gasteiger charge is -2.33. The van der Waals surface area contributed by atoms with E-state index in [1.165, 1.54) is 4.90 Å². The summed E-state index contributed by atoms with van der Waals surface area (Å²) in [6.45, 7) is 5.30. The van der Waals surface area contributed by atoms with E-state index in [4.69, 9.17) is 4.74 Å². The molecule has 1 N–H and O–H groups in total. The molecule has 0 aromatic heterocycles. The Morgan fingerprint density at radius 2 is 2.00 bits per heavy atom. The summed E-state index contributed by atoms with van der Waals surface area (Å²) in [5.74, 6) is -0.552. The highest BCUT2D eigenvalue weighted by molar-refractivity contribution is 5.84. The molecule has 0 aromatic rings. The van der Waals surface area contributed by atoms with Crippen molar-refractivity contribution in [3.63, 3.8) is 0 Å². The summed E-state index contributed by atoms with van der Waals surface area (Å²) < 4.78 is 5.23. The highest BCUT2D eigenvalue weighted by Gasteiger charge is 2.43. The number of nitrogens with zero attached hydrogens (tertiary/aromatic N) is 2. The summed E-state index contributed by atoms with van der Waals surface area (Å²) in [6.07, 6.45) is 2.19. The van der Waals surface area contributed by atoms with Crippen LogP contribution in [0.1, 0.15) is 33.1 Å². The van der Waals surface area contributed by atoms with Gasteiger partial charge in [-0.05, 0) is 18.8 Å². The molecule has 2 aliphatic heterocycles. The number of hydrogen-bond acceptors (Lipinski definition) is 3. The predicted molar refractivity (Wildman–Crippen MR) is 73.5 cm³/mol. The van der Waals surface area contributed by atoms with Crippen LogP contribution < -0.4 is 0 Å². The van der Waals surface area contributed by atoms with E-state index < -0.39 is 12.0 Å². The highest BCUT2D eigenvalue weighted by atomic mass is 16.5. The smallest absolute Gasteiger partial charge is 0.326 e. The first-order chi connectivity index (χ1) is 9.45. The van der Waals surface area contributed by atoms with Crippen molar-refractivity contribution in [2.45, 2.75) is 51.3 Å². The van der Waals surface area contributed by atoms with Crippen LogP contribution in [0.25, 0.3) is 0 Å². The van der Waals surface area contributed by atoms with Crippen molar-refractivity contribution in [2.75, 3.05) is 20.2 Å². The van der Waals surface area contributed by atoms with Gasteiger partial charge in [0.2, 0.25) is 0 Å². The molecule has 2 amide bonds. The third-order valence-corrected chi connectivity index (χ3v) is 4.44. The molecule has 0 radical (unpaired) electrons. The second-order valence-electron chi connectivity index (χ2n) is 6.03. The van der Waals surface area contributed by atoms with Crippen LogP contribution >= 0.6 is 0 Å². The van der Waals surface area contributed by atoms with Crippen LogP contribution in [0.5, 0.6) is 0 Å². The van der Waals surface area contributed by atoms with Gasteiger partial charge in [-0.3, -0.25) is 0 Å². The molecule has 0 saturated carbocycles. The zero-order valence-corrected chi connectivity index (χ0v) is 12.4. The molecule has 2 saturated heterocycles. The number of carboxylic acids is 1. The van der Waals surface area contributed by atoms with E-state index >= 15 is 0 Å². The molecule has 0 bridgehead atoms. The van der Waals surface area contributed by atoms with E-state index in [0.717, 1.165) is 19.4 Å². The maximum atomic E-state index is 12.7. The largest absolute Gasteiger partial charge is 0.480 e. The average Bonchev–Trinajstić information content (AvgIpc) is 3.04. The van der Waals surface area contributed by atoms with E-state index in [0.29, 0.717) is 18.9 Å². The van der Waals surface area contributed by atoms with Gasteiger partial charge in [-0.2, -0.15) is 0 Å². The van der Waals surface area contributed by atoms with Crippen LogP contribution in [0.3, 0.4) is 0 Å². The molecule has 0 spiro atoms. The van der Waals surface area contributed by atoms with Gasteiger partial charge in [0.15, 0.2) is 0 Å². The minimum absolute atomic E-state index is 0.145. The Morgan fingerprint density at radius 3 is 2.55 bits per heavy atom. The Hall–Kier alpha value is -1.30. The first kappa shape index (κ1) is 15.1. The van der Waals surface area contributed by atoms with Crippen LogP contribution in [-0.2, 0) is 9.53 Å². The topological polar surface area (TPSA) is 70.1 Å². The Labute approximate surface area is 119 Å². The first-order valence-electron chi connectivity index (χ1n) is 7.28. The molecule has 2 heterocycles. The van der Waals surface area contributed by atoms with Crippen molar-refractivity contribution < 1.29 is 19.4 Å². The number of urea groups is 1. The van der Waals surface area contributed by atoms with Crippen molar-refractivity contribution in [1.29, 1.82) is 0 Å². The number of carbonyl (C=O) groups is 2. The van der Waals surface area contributed by atoms with E-state index in [9.17, 15) is 14.7 Å². The van der Waals surface area contributed by atoms with E-state index in [1.807, 2.05) is 4.90 Å². The van der Waals surface area contributed by atoms with Crippen molar-refractivity contribution in [1.82, 2.24) is 9.80 Å². The second kappa shape index (κ2) is 5.99. The van der Waals surface area contributed by atoms with E-state index in [2.05, 4.69) is 13.8 Å². The van der Waals surface area contributed by atoms with Crippen molar-refractivity contribution in [3.8, 4) is 0 Å². The van der Waals surface area contributed by atoms with E-state index in [-0.39, 0.29) is 18.2 Å². The molecule has 3 unspecified atom stereocenters. The van der Waals surface area contributed by atoms with E-state index in [1.54, 1.807) is 7.11 Å². The molecular formula is C14H24N2O4. The Kier molecular flexibility index (Phi) is 4.52. The number of methoxy groups -OCH3 is 1. The number of carbonyl (C=O) groups excluding carboxylic acids is 1. The van der Waals surface area contributed by atoms with Gasteiger partial charge in [-0.25, -0.2) is 9.59 Å². The molecule has 2 fully saturated rings. The molecule has 2 rings (SSSR count). The van der Waals surface area contributed by atoms with Gasteiger partial charge >= 0.3 is 12.0 Å². The Bertz CT molecular complexity index is 385. The van der Waals surface area contributed by atoms with Gasteiger partial charge in [-0.1, -0.05) is 13.8 Å². The zero-order valence-electron chi connectivity index (χ0n) is 12.4. The fourth-order valence-electron chi connectivity index (χ4n) is 3.30. The quantitative estimate of drug-likeness (QED) is 0.850. The van der Waals surface area contributed by atoms with Crippen LogP contribution in [0.4, 0.5) is 4.79 Å². The third kappa shape index (κ3) is 2.75. The fourth-order valence-corrected chi connectivity index (χ4v) is 3.30. The number of ether oxygens (including phenoxy) is 1. The molecule has 6 nitrogen and oxygen atoms in total. The minimum atomic E-state index is -0.946. The number of likely N-dealkylation sites (tertiary alicyclic amines) is 2. The van der Waals surface area contributed by atoms with Gasteiger partial charge in [0, 0.05) is 32.7 Å². The van der Waals surface area contributed by atoms with Crippen molar-refractivity contribution in [3.05, 3.63) is 0 Å². The zero-order chi connectivity index (χ0) is 14.9. The second-order valence-corrected chi connectivity index (χ2v) is 6.03. The third-order valence-electron chi connectivity index (χ3n) is 4.44. The normalized spacial score (nSPS) is 30.3. The molecule has 114 valence electrons. The number of carboxylic acid groups (broad SMARTS) is 1. The molecule has 2 aliphatic rings. The lowest BCUT2D eigenvalue weighted by atomic mass is 10.0. The summed E-state index contributed by atoms with van der Waals surface area (Å²) in [6, 6.07) is -0.687. The number of hydrogen-bond donors (Lipinski definition) is 1.